The molecule has 0 fully saturated rings. The third-order valence-electron chi connectivity index (χ3n) is 2.47. The highest BCUT2D eigenvalue weighted by Crippen LogP contribution is 2.21. The second-order valence-electron chi connectivity index (χ2n) is 4.16. The Morgan fingerprint density at radius 1 is 1.47 bits per heavy atom. The predicted octanol–water partition coefficient (Wildman–Crippen LogP) is 1.66. The zero-order chi connectivity index (χ0) is 12.8. The van der Waals surface area contributed by atoms with Crippen LogP contribution in [-0.2, 0) is 0 Å². The van der Waals surface area contributed by atoms with Crippen molar-refractivity contribution in [3.63, 3.8) is 0 Å². The van der Waals surface area contributed by atoms with Gasteiger partial charge in [-0.1, -0.05) is 11.6 Å². The van der Waals surface area contributed by atoms with Gasteiger partial charge in [-0.3, -0.25) is 0 Å². The Hall–Kier alpha value is -0.680. The minimum Gasteiger partial charge on any atom is -0.394 e. The fourth-order valence-corrected chi connectivity index (χ4v) is 1.70. The van der Waals surface area contributed by atoms with E-state index in [9.17, 15) is 9.50 Å². The lowest BCUT2D eigenvalue weighted by molar-refractivity contribution is 0.237. The normalized spacial score (nSPS) is 13.1. The predicted molar refractivity (Wildman–Crippen MR) is 67.8 cm³/mol. The maximum absolute atomic E-state index is 13.6. The molecular formula is C12H18ClFN2O. The summed E-state index contributed by atoms with van der Waals surface area (Å²) < 4.78 is 13.6. The third kappa shape index (κ3) is 4.60. The van der Waals surface area contributed by atoms with Gasteiger partial charge in [0.15, 0.2) is 0 Å². The van der Waals surface area contributed by atoms with E-state index < -0.39 is 6.04 Å². The molecule has 3 nitrogen and oxygen atoms in total. The number of rotatable bonds is 6. The minimum absolute atomic E-state index is 0.162. The van der Waals surface area contributed by atoms with E-state index in [0.29, 0.717) is 17.1 Å². The van der Waals surface area contributed by atoms with Crippen LogP contribution in [-0.4, -0.2) is 43.8 Å². The maximum Gasteiger partial charge on any atom is 0.128 e. The molecule has 0 spiro atoms. The van der Waals surface area contributed by atoms with Crippen LogP contribution in [0.2, 0.25) is 5.02 Å². The molecule has 1 rings (SSSR count). The first-order chi connectivity index (χ1) is 8.04. The standard InChI is InChI=1S/C12H18ClFN2O/c1-16(2)6-5-15-12(8-17)10-7-9(13)3-4-11(10)14/h3-4,7,12,15,17H,5-6,8H2,1-2H3. The van der Waals surface area contributed by atoms with Crippen molar-refractivity contribution in [3.8, 4) is 0 Å². The van der Waals surface area contributed by atoms with E-state index in [1.807, 2.05) is 19.0 Å². The van der Waals surface area contributed by atoms with Crippen molar-refractivity contribution in [1.82, 2.24) is 10.2 Å². The maximum atomic E-state index is 13.6. The molecule has 1 aromatic carbocycles. The zero-order valence-corrected chi connectivity index (χ0v) is 10.8. The first kappa shape index (κ1) is 14.4. The molecule has 96 valence electrons. The van der Waals surface area contributed by atoms with Crippen LogP contribution in [0.15, 0.2) is 18.2 Å². The molecule has 0 bridgehead atoms. The lowest BCUT2D eigenvalue weighted by atomic mass is 10.1. The van der Waals surface area contributed by atoms with E-state index >= 15 is 0 Å². The quantitative estimate of drug-likeness (QED) is 0.817. The molecule has 5 heteroatoms. The largest absolute Gasteiger partial charge is 0.394 e. The summed E-state index contributed by atoms with van der Waals surface area (Å²) in [5.41, 5.74) is 0.402. The van der Waals surface area contributed by atoms with Crippen molar-refractivity contribution in [2.24, 2.45) is 0 Å². The number of hydrogen-bond acceptors (Lipinski definition) is 3. The van der Waals surface area contributed by atoms with E-state index in [0.717, 1.165) is 6.54 Å². The molecule has 1 atom stereocenters. The van der Waals surface area contributed by atoms with Gasteiger partial charge in [-0.15, -0.1) is 0 Å². The average Bonchev–Trinajstić information content (AvgIpc) is 2.28. The lowest BCUT2D eigenvalue weighted by Gasteiger charge is -2.19. The number of hydrogen-bond donors (Lipinski definition) is 2. The van der Waals surface area contributed by atoms with E-state index in [1.165, 1.54) is 12.1 Å². The Balaban J connectivity index is 2.68. The van der Waals surface area contributed by atoms with E-state index in [1.54, 1.807) is 6.07 Å². The number of likely N-dealkylation sites (N-methyl/N-ethyl adjacent to an activating group) is 1. The van der Waals surface area contributed by atoms with Crippen molar-refractivity contribution in [2.45, 2.75) is 6.04 Å². The van der Waals surface area contributed by atoms with E-state index in [2.05, 4.69) is 5.32 Å². The highest BCUT2D eigenvalue weighted by Gasteiger charge is 2.14. The minimum atomic E-state index is -0.423. The Bertz CT molecular complexity index is 360. The van der Waals surface area contributed by atoms with Gasteiger partial charge in [0.2, 0.25) is 0 Å². The number of nitrogens with one attached hydrogen (secondary N) is 1. The molecule has 0 saturated heterocycles. The van der Waals surface area contributed by atoms with Crippen LogP contribution in [0.4, 0.5) is 4.39 Å². The molecule has 0 amide bonds. The van der Waals surface area contributed by atoms with Gasteiger partial charge < -0.3 is 15.3 Å². The molecule has 0 saturated carbocycles. The first-order valence-corrected chi connectivity index (χ1v) is 5.86. The highest BCUT2D eigenvalue weighted by atomic mass is 35.5. The van der Waals surface area contributed by atoms with Crippen LogP contribution in [0.1, 0.15) is 11.6 Å². The van der Waals surface area contributed by atoms with Gasteiger partial charge in [0.1, 0.15) is 5.82 Å². The fourth-order valence-electron chi connectivity index (χ4n) is 1.52. The molecule has 0 aromatic heterocycles. The number of nitrogens with zero attached hydrogens (tertiary/aromatic N) is 1. The third-order valence-corrected chi connectivity index (χ3v) is 2.70. The Morgan fingerprint density at radius 3 is 2.76 bits per heavy atom. The SMILES string of the molecule is CN(C)CCNC(CO)c1cc(Cl)ccc1F. The monoisotopic (exact) mass is 260 g/mol. The summed E-state index contributed by atoms with van der Waals surface area (Å²) in [5, 5.41) is 12.8. The van der Waals surface area contributed by atoms with Gasteiger partial charge in [0.25, 0.3) is 0 Å². The highest BCUT2D eigenvalue weighted by molar-refractivity contribution is 6.30. The van der Waals surface area contributed by atoms with Gasteiger partial charge in [0.05, 0.1) is 12.6 Å². The van der Waals surface area contributed by atoms with Crippen molar-refractivity contribution in [2.75, 3.05) is 33.8 Å². The first-order valence-electron chi connectivity index (χ1n) is 5.48. The van der Waals surface area contributed by atoms with Crippen molar-refractivity contribution < 1.29 is 9.50 Å². The van der Waals surface area contributed by atoms with Crippen LogP contribution in [0, 0.1) is 5.82 Å². The number of aliphatic hydroxyl groups excluding tert-OH is 1. The lowest BCUT2D eigenvalue weighted by Crippen LogP contribution is -2.32. The molecule has 0 aliphatic carbocycles. The molecular weight excluding hydrogens is 243 g/mol. The van der Waals surface area contributed by atoms with Crippen molar-refractivity contribution in [1.29, 1.82) is 0 Å². The van der Waals surface area contributed by atoms with Crippen LogP contribution in [0.3, 0.4) is 0 Å². The topological polar surface area (TPSA) is 35.5 Å². The second kappa shape index (κ2) is 6.91. The molecule has 2 N–H and O–H groups in total. The molecule has 0 aliphatic rings. The molecule has 0 aliphatic heterocycles. The summed E-state index contributed by atoms with van der Waals surface area (Å²) in [5.74, 6) is -0.356. The fraction of sp³-hybridized carbons (Fsp3) is 0.500. The number of halogens is 2. The second-order valence-corrected chi connectivity index (χ2v) is 4.59. The molecule has 17 heavy (non-hydrogen) atoms. The van der Waals surface area contributed by atoms with Crippen LogP contribution < -0.4 is 5.32 Å². The van der Waals surface area contributed by atoms with Crippen LogP contribution >= 0.6 is 11.6 Å². The summed E-state index contributed by atoms with van der Waals surface area (Å²) in [6.45, 7) is 1.33. The summed E-state index contributed by atoms with van der Waals surface area (Å²) in [4.78, 5) is 2.01. The summed E-state index contributed by atoms with van der Waals surface area (Å²) in [6.07, 6.45) is 0. The number of aliphatic hydroxyl groups is 1. The van der Waals surface area contributed by atoms with Crippen LogP contribution in [0.25, 0.3) is 0 Å². The molecule has 1 unspecified atom stereocenters. The Labute approximate surface area is 106 Å². The number of benzene rings is 1. The van der Waals surface area contributed by atoms with Gasteiger partial charge in [-0.25, -0.2) is 4.39 Å². The molecule has 0 radical (unpaired) electrons. The smallest absolute Gasteiger partial charge is 0.128 e. The summed E-state index contributed by atoms with van der Waals surface area (Å²) in [6, 6.07) is 3.93. The molecule has 0 heterocycles. The average molecular weight is 261 g/mol. The molecule has 1 aromatic rings. The van der Waals surface area contributed by atoms with E-state index in [4.69, 9.17) is 11.6 Å². The summed E-state index contributed by atoms with van der Waals surface area (Å²) in [7, 11) is 3.91. The van der Waals surface area contributed by atoms with Crippen molar-refractivity contribution in [3.05, 3.63) is 34.6 Å². The van der Waals surface area contributed by atoms with Crippen molar-refractivity contribution >= 4 is 11.6 Å². The zero-order valence-electron chi connectivity index (χ0n) is 10.1. The summed E-state index contributed by atoms with van der Waals surface area (Å²) >= 11 is 5.82. The van der Waals surface area contributed by atoms with Gasteiger partial charge >= 0.3 is 0 Å². The Kier molecular flexibility index (Phi) is 5.85. The van der Waals surface area contributed by atoms with Crippen LogP contribution in [0.5, 0.6) is 0 Å². The Morgan fingerprint density at radius 2 is 2.18 bits per heavy atom. The van der Waals surface area contributed by atoms with E-state index in [-0.39, 0.29) is 12.4 Å². The van der Waals surface area contributed by atoms with Gasteiger partial charge in [-0.2, -0.15) is 0 Å². The van der Waals surface area contributed by atoms with Gasteiger partial charge in [-0.05, 0) is 32.3 Å². The van der Waals surface area contributed by atoms with Gasteiger partial charge in [0, 0.05) is 23.7 Å².